The fourth-order valence-corrected chi connectivity index (χ4v) is 5.33. The van der Waals surface area contributed by atoms with Gasteiger partial charge in [-0.2, -0.15) is 0 Å². The molecule has 2 amide bonds. The second-order valence-electron chi connectivity index (χ2n) is 10.1. The molecule has 3 aromatic rings. The second kappa shape index (κ2) is 14.9. The molecule has 0 radical (unpaired) electrons. The van der Waals surface area contributed by atoms with Crippen molar-refractivity contribution < 1.29 is 14.3 Å². The van der Waals surface area contributed by atoms with Crippen molar-refractivity contribution in [2.24, 2.45) is 0 Å². The van der Waals surface area contributed by atoms with Crippen molar-refractivity contribution in [2.45, 2.75) is 70.0 Å². The zero-order chi connectivity index (χ0) is 27.5. The Bertz CT molecular complexity index is 1200. The summed E-state index contributed by atoms with van der Waals surface area (Å²) in [5.41, 5.74) is 1.82. The highest BCUT2D eigenvalue weighted by Gasteiger charge is 2.31. The van der Waals surface area contributed by atoms with Crippen LogP contribution in [0.1, 0.15) is 56.1 Å². The van der Waals surface area contributed by atoms with Gasteiger partial charge in [0.1, 0.15) is 11.8 Å². The molecule has 1 N–H and O–H groups in total. The third-order valence-electron chi connectivity index (χ3n) is 7.11. The van der Waals surface area contributed by atoms with E-state index < -0.39 is 6.04 Å². The zero-order valence-corrected chi connectivity index (χ0v) is 23.7. The summed E-state index contributed by atoms with van der Waals surface area (Å²) in [5, 5.41) is 4.14. The molecule has 39 heavy (non-hydrogen) atoms. The highest BCUT2D eigenvalue weighted by molar-refractivity contribution is 6.42. The number of rotatable bonds is 12. The van der Waals surface area contributed by atoms with E-state index in [4.69, 9.17) is 27.9 Å². The van der Waals surface area contributed by atoms with Gasteiger partial charge in [0, 0.05) is 25.4 Å². The van der Waals surface area contributed by atoms with Gasteiger partial charge in [0.05, 0.1) is 16.7 Å². The number of carbonyl (C=O) groups is 2. The number of halogens is 2. The summed E-state index contributed by atoms with van der Waals surface area (Å²) in [5.74, 6) is 0.559. The maximum absolute atomic E-state index is 13.8. The van der Waals surface area contributed by atoms with Crippen molar-refractivity contribution in [3.8, 4) is 5.75 Å². The predicted octanol–water partition coefficient (Wildman–Crippen LogP) is 7.24. The Labute approximate surface area is 241 Å². The van der Waals surface area contributed by atoms with Crippen LogP contribution < -0.4 is 10.1 Å². The largest absolute Gasteiger partial charge is 0.494 e. The van der Waals surface area contributed by atoms with Gasteiger partial charge in [-0.05, 0) is 54.7 Å². The zero-order valence-electron chi connectivity index (χ0n) is 22.2. The van der Waals surface area contributed by atoms with Crippen molar-refractivity contribution in [3.63, 3.8) is 0 Å². The van der Waals surface area contributed by atoms with Gasteiger partial charge in [-0.15, -0.1) is 0 Å². The van der Waals surface area contributed by atoms with Crippen LogP contribution in [0.2, 0.25) is 10.0 Å². The first-order valence-electron chi connectivity index (χ1n) is 13.7. The Balaban J connectivity index is 1.54. The van der Waals surface area contributed by atoms with Crippen LogP contribution in [0.4, 0.5) is 0 Å². The first-order chi connectivity index (χ1) is 19.0. The van der Waals surface area contributed by atoms with Crippen molar-refractivity contribution in [2.75, 3.05) is 6.61 Å². The van der Waals surface area contributed by atoms with E-state index in [9.17, 15) is 9.59 Å². The Morgan fingerprint density at radius 1 is 0.872 bits per heavy atom. The molecule has 0 unspecified atom stereocenters. The Morgan fingerprint density at radius 2 is 1.56 bits per heavy atom. The summed E-state index contributed by atoms with van der Waals surface area (Å²) in [6, 6.07) is 24.2. The van der Waals surface area contributed by atoms with Gasteiger partial charge < -0.3 is 15.0 Å². The normalized spacial score (nSPS) is 14.4. The monoisotopic (exact) mass is 566 g/mol. The average Bonchev–Trinajstić information content (AvgIpc) is 2.96. The van der Waals surface area contributed by atoms with Crippen molar-refractivity contribution in [1.29, 1.82) is 0 Å². The molecule has 1 aliphatic rings. The van der Waals surface area contributed by atoms with E-state index in [2.05, 4.69) is 5.32 Å². The minimum absolute atomic E-state index is 0.0996. The first-order valence-corrected chi connectivity index (χ1v) is 14.5. The van der Waals surface area contributed by atoms with Gasteiger partial charge in [-0.3, -0.25) is 9.59 Å². The van der Waals surface area contributed by atoms with E-state index in [0.29, 0.717) is 29.5 Å². The second-order valence-corrected chi connectivity index (χ2v) is 10.9. The lowest BCUT2D eigenvalue weighted by Crippen LogP contribution is -2.52. The number of nitrogens with zero attached hydrogens (tertiary/aromatic N) is 1. The smallest absolute Gasteiger partial charge is 0.243 e. The summed E-state index contributed by atoms with van der Waals surface area (Å²) < 4.78 is 5.81. The van der Waals surface area contributed by atoms with E-state index in [1.54, 1.807) is 17.0 Å². The lowest BCUT2D eigenvalue weighted by Gasteiger charge is -2.33. The number of para-hydroxylation sites is 1. The van der Waals surface area contributed by atoms with Gasteiger partial charge in [-0.1, -0.05) is 97.1 Å². The molecule has 0 aliphatic heterocycles. The first kappa shape index (κ1) is 29.0. The molecule has 0 saturated heterocycles. The van der Waals surface area contributed by atoms with Crippen LogP contribution in [-0.4, -0.2) is 35.4 Å². The SMILES string of the molecule is O=C(NC1CCCCC1)[C@@H](Cc1ccccc1)N(Cc1ccc(Cl)c(Cl)c1)C(=O)CCCOc1ccccc1. The summed E-state index contributed by atoms with van der Waals surface area (Å²) in [7, 11) is 0. The van der Waals surface area contributed by atoms with E-state index in [1.807, 2.05) is 66.7 Å². The number of carbonyl (C=O) groups excluding carboxylic acids is 2. The Hall–Kier alpha value is -3.02. The van der Waals surface area contributed by atoms with Crippen LogP contribution >= 0.6 is 23.2 Å². The number of hydrogen-bond donors (Lipinski definition) is 1. The molecule has 1 saturated carbocycles. The lowest BCUT2D eigenvalue weighted by atomic mass is 9.94. The maximum atomic E-state index is 13.8. The number of amides is 2. The highest BCUT2D eigenvalue weighted by atomic mass is 35.5. The molecule has 1 aliphatic carbocycles. The van der Waals surface area contributed by atoms with Gasteiger partial charge >= 0.3 is 0 Å². The highest BCUT2D eigenvalue weighted by Crippen LogP contribution is 2.25. The van der Waals surface area contributed by atoms with Crippen LogP contribution in [0.5, 0.6) is 5.75 Å². The van der Waals surface area contributed by atoms with Crippen molar-refractivity contribution in [3.05, 3.63) is 100 Å². The topological polar surface area (TPSA) is 58.6 Å². The molecule has 1 atom stereocenters. The van der Waals surface area contributed by atoms with Crippen LogP contribution in [0.25, 0.3) is 0 Å². The number of benzene rings is 3. The third-order valence-corrected chi connectivity index (χ3v) is 7.85. The van der Waals surface area contributed by atoms with E-state index in [-0.39, 0.29) is 30.8 Å². The fourth-order valence-electron chi connectivity index (χ4n) is 5.01. The van der Waals surface area contributed by atoms with Crippen LogP contribution in [0.15, 0.2) is 78.9 Å². The van der Waals surface area contributed by atoms with Gasteiger partial charge in [0.2, 0.25) is 11.8 Å². The molecular weight excluding hydrogens is 531 g/mol. The van der Waals surface area contributed by atoms with Gasteiger partial charge in [-0.25, -0.2) is 0 Å². The molecule has 5 nitrogen and oxygen atoms in total. The molecule has 206 valence electrons. The summed E-state index contributed by atoms with van der Waals surface area (Å²) in [6.45, 7) is 0.666. The molecule has 0 heterocycles. The van der Waals surface area contributed by atoms with E-state index in [1.165, 1.54) is 6.42 Å². The molecular formula is C32H36Cl2N2O3. The number of ether oxygens (including phenoxy) is 1. The van der Waals surface area contributed by atoms with Crippen LogP contribution in [-0.2, 0) is 22.6 Å². The molecule has 3 aromatic carbocycles. The van der Waals surface area contributed by atoms with Crippen LogP contribution in [0, 0.1) is 0 Å². The summed E-state index contributed by atoms with van der Waals surface area (Å²) in [4.78, 5) is 29.3. The average molecular weight is 568 g/mol. The van der Waals surface area contributed by atoms with Crippen LogP contribution in [0.3, 0.4) is 0 Å². The summed E-state index contributed by atoms with van der Waals surface area (Å²) in [6.07, 6.45) is 6.59. The quantitative estimate of drug-likeness (QED) is 0.235. The molecule has 0 spiro atoms. The van der Waals surface area contributed by atoms with Crippen molar-refractivity contribution >= 4 is 35.0 Å². The molecule has 1 fully saturated rings. The minimum Gasteiger partial charge on any atom is -0.494 e. The van der Waals surface area contributed by atoms with Gasteiger partial charge in [0.25, 0.3) is 0 Å². The standard InChI is InChI=1S/C32H36Cl2N2O3/c33-28-19-18-25(21-29(28)34)23-36(31(37)17-10-20-39-27-15-8-3-9-16-27)30(22-24-11-4-1-5-12-24)32(38)35-26-13-6-2-7-14-26/h1,3-5,8-9,11-12,15-16,18-19,21,26,30H,2,6-7,10,13-14,17,20,22-23H2,(H,35,38)/t30-/m1/s1. The molecule has 4 rings (SSSR count). The Morgan fingerprint density at radius 3 is 2.26 bits per heavy atom. The maximum Gasteiger partial charge on any atom is 0.243 e. The number of hydrogen-bond acceptors (Lipinski definition) is 3. The molecule has 0 aromatic heterocycles. The predicted molar refractivity (Wildman–Crippen MR) is 157 cm³/mol. The number of nitrogens with one attached hydrogen (secondary N) is 1. The summed E-state index contributed by atoms with van der Waals surface area (Å²) >= 11 is 12.5. The third kappa shape index (κ3) is 9.01. The fraction of sp³-hybridized carbons (Fsp3) is 0.375. The Kier molecular flexibility index (Phi) is 11.1. The van der Waals surface area contributed by atoms with E-state index >= 15 is 0 Å². The minimum atomic E-state index is -0.661. The van der Waals surface area contributed by atoms with Crippen molar-refractivity contribution in [1.82, 2.24) is 10.2 Å². The molecule has 7 heteroatoms. The van der Waals surface area contributed by atoms with Gasteiger partial charge in [0.15, 0.2) is 0 Å². The molecule has 0 bridgehead atoms. The van der Waals surface area contributed by atoms with E-state index in [0.717, 1.165) is 42.6 Å². The lowest BCUT2D eigenvalue weighted by molar-refractivity contribution is -0.141.